The molecule has 1 aromatic heterocycles. The molecule has 1 N–H and O–H groups in total. The lowest BCUT2D eigenvalue weighted by atomic mass is 10.1. The van der Waals surface area contributed by atoms with Crippen molar-refractivity contribution in [1.82, 2.24) is 9.97 Å². The Kier molecular flexibility index (Phi) is 3.94. The summed E-state index contributed by atoms with van der Waals surface area (Å²) in [5.41, 5.74) is 0.730. The summed E-state index contributed by atoms with van der Waals surface area (Å²) in [4.78, 5) is 30.5. The number of hydrogen-bond donors (Lipinski definition) is 1. The minimum Gasteiger partial charge on any atom is -0.465 e. The number of methoxy groups -OCH3 is 1. The lowest BCUT2D eigenvalue weighted by molar-refractivity contribution is 0.0601. The zero-order chi connectivity index (χ0) is 13.8. The van der Waals surface area contributed by atoms with E-state index < -0.39 is 5.97 Å². The minimum atomic E-state index is -0.462. The molecular weight excluding hydrogens is 244 g/mol. The number of nitrogens with zero attached hydrogens (tertiary/aromatic N) is 1. The molecule has 0 aliphatic heterocycles. The van der Waals surface area contributed by atoms with Crippen molar-refractivity contribution >= 4 is 16.9 Å². The Morgan fingerprint density at radius 1 is 1.42 bits per heavy atom. The summed E-state index contributed by atoms with van der Waals surface area (Å²) >= 11 is 0. The van der Waals surface area contributed by atoms with Gasteiger partial charge in [-0.05, 0) is 24.6 Å². The Balaban J connectivity index is 2.48. The number of aryl methyl sites for hydroxylation is 1. The smallest absolute Gasteiger partial charge is 0.337 e. The van der Waals surface area contributed by atoms with Crippen LogP contribution in [0.4, 0.5) is 0 Å². The van der Waals surface area contributed by atoms with Crippen molar-refractivity contribution in [3.8, 4) is 0 Å². The van der Waals surface area contributed by atoms with E-state index >= 15 is 0 Å². The largest absolute Gasteiger partial charge is 0.465 e. The Bertz CT molecular complexity index is 661. The van der Waals surface area contributed by atoms with Crippen LogP contribution in [-0.4, -0.2) is 23.0 Å². The third-order valence-corrected chi connectivity index (χ3v) is 2.95. The van der Waals surface area contributed by atoms with Gasteiger partial charge < -0.3 is 9.72 Å². The first-order chi connectivity index (χ1) is 9.15. The van der Waals surface area contributed by atoms with Crippen molar-refractivity contribution in [2.24, 2.45) is 0 Å². The summed E-state index contributed by atoms with van der Waals surface area (Å²) in [6.45, 7) is 2.09. The Labute approximate surface area is 110 Å². The van der Waals surface area contributed by atoms with Crippen LogP contribution in [0.2, 0.25) is 0 Å². The molecule has 100 valence electrons. The molecule has 0 amide bonds. The minimum absolute atomic E-state index is 0.314. The lowest BCUT2D eigenvalue weighted by Gasteiger charge is -2.04. The SMILES string of the molecule is CCCCc1nc(=O)c2cc(C(=O)OC)ccc2[nH]1. The fourth-order valence-electron chi connectivity index (χ4n) is 1.90. The fraction of sp³-hybridized carbons (Fsp3) is 0.357. The molecule has 0 spiro atoms. The van der Waals surface area contributed by atoms with E-state index in [-0.39, 0.29) is 5.56 Å². The number of ether oxygens (including phenoxy) is 1. The van der Waals surface area contributed by atoms with Crippen molar-refractivity contribution < 1.29 is 9.53 Å². The summed E-state index contributed by atoms with van der Waals surface area (Å²) in [6, 6.07) is 4.85. The molecule has 0 fully saturated rings. The maximum atomic E-state index is 11.9. The molecule has 5 nitrogen and oxygen atoms in total. The zero-order valence-corrected chi connectivity index (χ0v) is 11.0. The second-order valence-electron chi connectivity index (χ2n) is 4.34. The van der Waals surface area contributed by atoms with Gasteiger partial charge in [0.05, 0.1) is 23.6 Å². The first-order valence-electron chi connectivity index (χ1n) is 6.27. The molecule has 5 heteroatoms. The van der Waals surface area contributed by atoms with Crippen LogP contribution in [0, 0.1) is 0 Å². The second-order valence-corrected chi connectivity index (χ2v) is 4.34. The second kappa shape index (κ2) is 5.65. The van der Waals surface area contributed by atoms with E-state index in [1.807, 2.05) is 0 Å². The third-order valence-electron chi connectivity index (χ3n) is 2.95. The monoisotopic (exact) mass is 260 g/mol. The van der Waals surface area contributed by atoms with Crippen molar-refractivity contribution in [2.45, 2.75) is 26.2 Å². The number of rotatable bonds is 4. The Morgan fingerprint density at radius 2 is 2.21 bits per heavy atom. The van der Waals surface area contributed by atoms with E-state index in [0.29, 0.717) is 22.3 Å². The number of carbonyl (C=O) groups is 1. The van der Waals surface area contributed by atoms with Crippen LogP contribution in [0.3, 0.4) is 0 Å². The van der Waals surface area contributed by atoms with E-state index in [4.69, 9.17) is 0 Å². The predicted molar refractivity (Wildman–Crippen MR) is 72.3 cm³/mol. The van der Waals surface area contributed by atoms with Gasteiger partial charge in [0.2, 0.25) is 0 Å². The first kappa shape index (κ1) is 13.3. The molecule has 19 heavy (non-hydrogen) atoms. The number of esters is 1. The van der Waals surface area contributed by atoms with Crippen LogP contribution in [0.5, 0.6) is 0 Å². The van der Waals surface area contributed by atoms with Gasteiger partial charge in [0.1, 0.15) is 5.82 Å². The summed E-state index contributed by atoms with van der Waals surface area (Å²) in [6.07, 6.45) is 2.78. The summed E-state index contributed by atoms with van der Waals surface area (Å²) < 4.78 is 4.63. The van der Waals surface area contributed by atoms with Gasteiger partial charge in [0, 0.05) is 6.42 Å². The van der Waals surface area contributed by atoms with Gasteiger partial charge in [-0.2, -0.15) is 4.98 Å². The Hall–Kier alpha value is -2.17. The highest BCUT2D eigenvalue weighted by Gasteiger charge is 2.09. The van der Waals surface area contributed by atoms with E-state index in [0.717, 1.165) is 19.3 Å². The summed E-state index contributed by atoms with van der Waals surface area (Å²) in [5.74, 6) is 0.224. The van der Waals surface area contributed by atoms with Crippen LogP contribution in [0.15, 0.2) is 23.0 Å². The van der Waals surface area contributed by atoms with E-state index in [1.54, 1.807) is 12.1 Å². The van der Waals surface area contributed by atoms with Gasteiger partial charge in [0.15, 0.2) is 0 Å². The molecule has 2 aromatic rings. The molecule has 1 heterocycles. The van der Waals surface area contributed by atoms with Gasteiger partial charge in [-0.3, -0.25) is 4.79 Å². The van der Waals surface area contributed by atoms with E-state index in [2.05, 4.69) is 21.6 Å². The van der Waals surface area contributed by atoms with Crippen LogP contribution >= 0.6 is 0 Å². The first-order valence-corrected chi connectivity index (χ1v) is 6.27. The number of aromatic amines is 1. The molecule has 2 rings (SSSR count). The fourth-order valence-corrected chi connectivity index (χ4v) is 1.90. The normalized spacial score (nSPS) is 10.6. The molecule has 0 aliphatic rings. The molecule has 0 saturated carbocycles. The topological polar surface area (TPSA) is 72.1 Å². The van der Waals surface area contributed by atoms with E-state index in [9.17, 15) is 9.59 Å². The van der Waals surface area contributed by atoms with Crippen molar-refractivity contribution in [3.05, 3.63) is 39.9 Å². The number of hydrogen-bond acceptors (Lipinski definition) is 4. The van der Waals surface area contributed by atoms with Gasteiger partial charge in [0.25, 0.3) is 5.56 Å². The van der Waals surface area contributed by atoms with Gasteiger partial charge in [-0.1, -0.05) is 13.3 Å². The number of carbonyl (C=O) groups excluding carboxylic acids is 1. The van der Waals surface area contributed by atoms with Crippen molar-refractivity contribution in [2.75, 3.05) is 7.11 Å². The number of benzene rings is 1. The standard InChI is InChI=1S/C14H16N2O3/c1-3-4-5-12-15-11-7-6-9(14(18)19-2)8-10(11)13(17)16-12/h6-8H,3-5H2,1-2H3,(H,15,16,17). The number of unbranched alkanes of at least 4 members (excludes halogenated alkanes) is 1. The summed E-state index contributed by atoms with van der Waals surface area (Å²) in [5, 5.41) is 0.406. The van der Waals surface area contributed by atoms with Crippen LogP contribution in [-0.2, 0) is 11.2 Å². The van der Waals surface area contributed by atoms with E-state index in [1.165, 1.54) is 13.2 Å². The highest BCUT2D eigenvalue weighted by atomic mass is 16.5. The molecule has 0 saturated heterocycles. The van der Waals surface area contributed by atoms with Gasteiger partial charge in [-0.15, -0.1) is 0 Å². The number of H-pyrrole nitrogens is 1. The summed E-state index contributed by atoms with van der Waals surface area (Å²) in [7, 11) is 1.31. The maximum absolute atomic E-state index is 11.9. The maximum Gasteiger partial charge on any atom is 0.337 e. The molecule has 0 unspecified atom stereocenters. The Morgan fingerprint density at radius 3 is 2.89 bits per heavy atom. The third kappa shape index (κ3) is 2.81. The number of aromatic nitrogens is 2. The molecule has 0 radical (unpaired) electrons. The van der Waals surface area contributed by atoms with Crippen LogP contribution in [0.1, 0.15) is 35.9 Å². The van der Waals surface area contributed by atoms with Gasteiger partial charge >= 0.3 is 5.97 Å². The predicted octanol–water partition coefficient (Wildman–Crippen LogP) is 2.05. The molecular formula is C14H16N2O3. The highest BCUT2D eigenvalue weighted by molar-refractivity contribution is 5.94. The average molecular weight is 260 g/mol. The molecule has 1 aromatic carbocycles. The van der Waals surface area contributed by atoms with Crippen LogP contribution < -0.4 is 5.56 Å². The molecule has 0 bridgehead atoms. The quantitative estimate of drug-likeness (QED) is 0.854. The number of nitrogens with one attached hydrogen (secondary N) is 1. The average Bonchev–Trinajstić information content (AvgIpc) is 2.44. The zero-order valence-electron chi connectivity index (χ0n) is 11.0. The van der Waals surface area contributed by atoms with Crippen LogP contribution in [0.25, 0.3) is 10.9 Å². The number of fused-ring (bicyclic) bond motifs is 1. The van der Waals surface area contributed by atoms with Crippen molar-refractivity contribution in [1.29, 1.82) is 0 Å². The van der Waals surface area contributed by atoms with Gasteiger partial charge in [-0.25, -0.2) is 4.79 Å². The molecule has 0 aliphatic carbocycles. The van der Waals surface area contributed by atoms with Crippen molar-refractivity contribution in [3.63, 3.8) is 0 Å². The lowest BCUT2D eigenvalue weighted by Crippen LogP contribution is -2.13. The molecule has 0 atom stereocenters. The highest BCUT2D eigenvalue weighted by Crippen LogP contribution is 2.12.